The molecule has 100 valence electrons. The number of carboxylic acid groups (broad SMARTS) is 1. The number of nitrogens with one attached hydrogen (secondary N) is 2. The van der Waals surface area contributed by atoms with E-state index in [0.717, 1.165) is 10.9 Å². The van der Waals surface area contributed by atoms with E-state index in [9.17, 15) is 9.59 Å². The topological polar surface area (TPSA) is 82.2 Å². The number of amides is 1. The smallest absolute Gasteiger partial charge is 0.326 e. The van der Waals surface area contributed by atoms with Crippen LogP contribution in [0.15, 0.2) is 30.5 Å². The standard InChI is InChI=1S/C14H16N2O3/c1-8(2)12(14(18)19)16-13(17)10-3-4-11-9(7-10)5-6-15-11/h3-8,12,15H,1-2H3,(H,16,17)(H,18,19). The highest BCUT2D eigenvalue weighted by atomic mass is 16.4. The number of carbonyl (C=O) groups excluding carboxylic acids is 1. The molecule has 0 aliphatic rings. The number of rotatable bonds is 4. The molecule has 19 heavy (non-hydrogen) atoms. The van der Waals surface area contributed by atoms with Gasteiger partial charge in [-0.2, -0.15) is 0 Å². The normalized spacial score (nSPS) is 12.6. The van der Waals surface area contributed by atoms with Crippen LogP contribution in [0.5, 0.6) is 0 Å². The molecule has 0 bridgehead atoms. The van der Waals surface area contributed by atoms with Crippen molar-refractivity contribution in [2.24, 2.45) is 5.92 Å². The third-order valence-electron chi connectivity index (χ3n) is 3.03. The zero-order valence-corrected chi connectivity index (χ0v) is 10.8. The second kappa shape index (κ2) is 5.14. The molecule has 0 saturated carbocycles. The molecule has 1 aromatic heterocycles. The van der Waals surface area contributed by atoms with Gasteiger partial charge in [0.1, 0.15) is 6.04 Å². The van der Waals surface area contributed by atoms with Gasteiger partial charge in [-0.3, -0.25) is 4.79 Å². The fraction of sp³-hybridized carbons (Fsp3) is 0.286. The Hall–Kier alpha value is -2.30. The fourth-order valence-electron chi connectivity index (χ4n) is 1.93. The highest BCUT2D eigenvalue weighted by Gasteiger charge is 2.23. The molecule has 0 fully saturated rings. The van der Waals surface area contributed by atoms with E-state index in [1.165, 1.54) is 0 Å². The van der Waals surface area contributed by atoms with Crippen LogP contribution >= 0.6 is 0 Å². The lowest BCUT2D eigenvalue weighted by molar-refractivity contribution is -0.140. The molecule has 1 aromatic carbocycles. The van der Waals surface area contributed by atoms with Crippen molar-refractivity contribution in [3.63, 3.8) is 0 Å². The van der Waals surface area contributed by atoms with Gasteiger partial charge in [0, 0.05) is 22.7 Å². The number of aliphatic carboxylic acids is 1. The van der Waals surface area contributed by atoms with E-state index in [2.05, 4.69) is 10.3 Å². The van der Waals surface area contributed by atoms with Crippen LogP contribution in [0.4, 0.5) is 0 Å². The predicted octanol–water partition coefficient (Wildman–Crippen LogP) is 2.01. The van der Waals surface area contributed by atoms with Crippen LogP contribution in [0.3, 0.4) is 0 Å². The van der Waals surface area contributed by atoms with Crippen molar-refractivity contribution in [3.05, 3.63) is 36.0 Å². The zero-order valence-electron chi connectivity index (χ0n) is 10.8. The predicted molar refractivity (Wildman–Crippen MR) is 72.0 cm³/mol. The van der Waals surface area contributed by atoms with Crippen molar-refractivity contribution in [1.29, 1.82) is 0 Å². The number of carbonyl (C=O) groups is 2. The largest absolute Gasteiger partial charge is 0.480 e. The monoisotopic (exact) mass is 260 g/mol. The van der Waals surface area contributed by atoms with E-state index < -0.39 is 12.0 Å². The van der Waals surface area contributed by atoms with Gasteiger partial charge in [0.2, 0.25) is 0 Å². The van der Waals surface area contributed by atoms with Crippen LogP contribution in [0.1, 0.15) is 24.2 Å². The number of hydrogen-bond acceptors (Lipinski definition) is 2. The number of carboxylic acids is 1. The Balaban J connectivity index is 2.21. The van der Waals surface area contributed by atoms with E-state index in [1.807, 2.05) is 6.07 Å². The quantitative estimate of drug-likeness (QED) is 0.786. The van der Waals surface area contributed by atoms with Gasteiger partial charge in [0.15, 0.2) is 0 Å². The molecular formula is C14H16N2O3. The van der Waals surface area contributed by atoms with Gasteiger partial charge in [-0.25, -0.2) is 4.79 Å². The highest BCUT2D eigenvalue weighted by Crippen LogP contribution is 2.14. The summed E-state index contributed by atoms with van der Waals surface area (Å²) >= 11 is 0. The number of aromatic amines is 1. The minimum Gasteiger partial charge on any atom is -0.480 e. The first-order chi connectivity index (χ1) is 8.99. The van der Waals surface area contributed by atoms with Gasteiger partial charge in [-0.15, -0.1) is 0 Å². The Bertz CT molecular complexity index is 616. The Labute approximate surface area is 110 Å². The molecule has 3 N–H and O–H groups in total. The molecular weight excluding hydrogens is 244 g/mol. The molecule has 2 aromatic rings. The fourth-order valence-corrected chi connectivity index (χ4v) is 1.93. The Morgan fingerprint density at radius 1 is 1.26 bits per heavy atom. The Morgan fingerprint density at radius 3 is 2.63 bits per heavy atom. The summed E-state index contributed by atoms with van der Waals surface area (Å²) in [6, 6.07) is 6.20. The first-order valence-electron chi connectivity index (χ1n) is 6.10. The van der Waals surface area contributed by atoms with Crippen molar-refractivity contribution in [2.75, 3.05) is 0 Å². The van der Waals surface area contributed by atoms with Crippen LogP contribution in [0.25, 0.3) is 10.9 Å². The molecule has 1 unspecified atom stereocenters. The van der Waals surface area contributed by atoms with Gasteiger partial charge in [-0.1, -0.05) is 13.8 Å². The number of benzene rings is 1. The number of fused-ring (bicyclic) bond motifs is 1. The van der Waals surface area contributed by atoms with E-state index >= 15 is 0 Å². The lowest BCUT2D eigenvalue weighted by Crippen LogP contribution is -2.44. The first-order valence-corrected chi connectivity index (χ1v) is 6.10. The molecule has 5 heteroatoms. The summed E-state index contributed by atoms with van der Waals surface area (Å²) in [6.07, 6.45) is 1.79. The summed E-state index contributed by atoms with van der Waals surface area (Å²) in [5.41, 5.74) is 1.40. The maximum atomic E-state index is 12.0. The van der Waals surface area contributed by atoms with Crippen LogP contribution in [-0.4, -0.2) is 28.0 Å². The van der Waals surface area contributed by atoms with E-state index in [4.69, 9.17) is 5.11 Å². The third kappa shape index (κ3) is 2.76. The van der Waals surface area contributed by atoms with Crippen molar-refractivity contribution in [1.82, 2.24) is 10.3 Å². The molecule has 1 heterocycles. The lowest BCUT2D eigenvalue weighted by atomic mass is 10.0. The van der Waals surface area contributed by atoms with E-state index in [-0.39, 0.29) is 11.8 Å². The van der Waals surface area contributed by atoms with Gasteiger partial charge in [0.25, 0.3) is 5.91 Å². The molecule has 0 aliphatic heterocycles. The Kier molecular flexibility index (Phi) is 3.55. The van der Waals surface area contributed by atoms with Crippen molar-refractivity contribution >= 4 is 22.8 Å². The maximum absolute atomic E-state index is 12.0. The first kappa shape index (κ1) is 13.1. The summed E-state index contributed by atoms with van der Waals surface area (Å²) in [5, 5.41) is 12.5. The summed E-state index contributed by atoms with van der Waals surface area (Å²) < 4.78 is 0. The van der Waals surface area contributed by atoms with Crippen LogP contribution in [0.2, 0.25) is 0 Å². The SMILES string of the molecule is CC(C)C(NC(=O)c1ccc2[nH]ccc2c1)C(=O)O. The van der Waals surface area contributed by atoms with Gasteiger partial charge in [-0.05, 0) is 30.2 Å². The highest BCUT2D eigenvalue weighted by molar-refractivity contribution is 5.99. The number of aromatic nitrogens is 1. The third-order valence-corrected chi connectivity index (χ3v) is 3.03. The molecule has 1 amide bonds. The van der Waals surface area contributed by atoms with Crippen LogP contribution in [-0.2, 0) is 4.79 Å². The molecule has 2 rings (SSSR count). The molecule has 0 radical (unpaired) electrons. The Morgan fingerprint density at radius 2 is 2.00 bits per heavy atom. The number of hydrogen-bond donors (Lipinski definition) is 3. The van der Waals surface area contributed by atoms with E-state index in [0.29, 0.717) is 5.56 Å². The van der Waals surface area contributed by atoms with Gasteiger partial charge < -0.3 is 15.4 Å². The summed E-state index contributed by atoms with van der Waals surface area (Å²) in [7, 11) is 0. The lowest BCUT2D eigenvalue weighted by Gasteiger charge is -2.17. The summed E-state index contributed by atoms with van der Waals surface area (Å²) in [4.78, 5) is 26.1. The second-order valence-corrected chi connectivity index (χ2v) is 4.81. The minimum atomic E-state index is -1.02. The van der Waals surface area contributed by atoms with Gasteiger partial charge >= 0.3 is 5.97 Å². The second-order valence-electron chi connectivity index (χ2n) is 4.81. The van der Waals surface area contributed by atoms with Crippen LogP contribution in [0, 0.1) is 5.92 Å². The molecule has 0 aliphatic carbocycles. The molecule has 1 atom stereocenters. The van der Waals surface area contributed by atoms with Crippen LogP contribution < -0.4 is 5.32 Å². The average Bonchev–Trinajstić information content (AvgIpc) is 2.81. The minimum absolute atomic E-state index is 0.169. The van der Waals surface area contributed by atoms with Crippen molar-refractivity contribution in [2.45, 2.75) is 19.9 Å². The summed E-state index contributed by atoms with van der Waals surface area (Å²) in [5.74, 6) is -1.56. The van der Waals surface area contributed by atoms with E-state index in [1.54, 1.807) is 38.2 Å². The molecule has 0 saturated heterocycles. The average molecular weight is 260 g/mol. The molecule has 5 nitrogen and oxygen atoms in total. The molecule has 0 spiro atoms. The van der Waals surface area contributed by atoms with Crippen molar-refractivity contribution in [3.8, 4) is 0 Å². The zero-order chi connectivity index (χ0) is 14.0. The van der Waals surface area contributed by atoms with Gasteiger partial charge in [0.05, 0.1) is 0 Å². The number of H-pyrrole nitrogens is 1. The summed E-state index contributed by atoms with van der Waals surface area (Å²) in [6.45, 7) is 3.52. The van der Waals surface area contributed by atoms with Crippen molar-refractivity contribution < 1.29 is 14.7 Å². The maximum Gasteiger partial charge on any atom is 0.326 e.